The van der Waals surface area contributed by atoms with E-state index in [9.17, 15) is 9.59 Å². The molecule has 33 heavy (non-hydrogen) atoms. The van der Waals surface area contributed by atoms with Crippen LogP contribution in [-0.2, 0) is 31.2 Å². The second kappa shape index (κ2) is 13.0. The fraction of sp³-hybridized carbons (Fsp3) is 0.370. The quantitative estimate of drug-likeness (QED) is 0.218. The first-order chi connectivity index (χ1) is 16.1. The van der Waals surface area contributed by atoms with Gasteiger partial charge in [-0.25, -0.2) is 4.98 Å². The second-order valence-corrected chi connectivity index (χ2v) is 9.18. The fourth-order valence-corrected chi connectivity index (χ4v) is 4.57. The standard InChI is InChI=1S/C27H33N3O2S/c1-3-24-20-26(32)29(2)27(28-24)33-19-11-10-16-25(31)30(21-23-14-8-5-9-15-23)18-17-22-12-6-4-7-13-22/h4-9,12-15,20H,3,10-11,16-19,21H2,1-2H3. The van der Waals surface area contributed by atoms with E-state index in [0.29, 0.717) is 19.5 Å². The van der Waals surface area contributed by atoms with Crippen LogP contribution in [0.1, 0.15) is 43.0 Å². The molecule has 0 spiro atoms. The molecular weight excluding hydrogens is 430 g/mol. The number of unbranched alkanes of at least 4 members (excludes halogenated alkanes) is 1. The van der Waals surface area contributed by atoms with Gasteiger partial charge in [0.05, 0.1) is 0 Å². The van der Waals surface area contributed by atoms with Gasteiger partial charge in [0.15, 0.2) is 5.16 Å². The van der Waals surface area contributed by atoms with Crippen molar-refractivity contribution in [2.24, 2.45) is 7.05 Å². The number of hydrogen-bond acceptors (Lipinski definition) is 4. The number of aromatic nitrogens is 2. The first-order valence-corrected chi connectivity index (χ1v) is 12.6. The molecule has 0 fully saturated rings. The Morgan fingerprint density at radius 3 is 2.33 bits per heavy atom. The van der Waals surface area contributed by atoms with Gasteiger partial charge < -0.3 is 4.90 Å². The van der Waals surface area contributed by atoms with Crippen molar-refractivity contribution in [2.75, 3.05) is 12.3 Å². The summed E-state index contributed by atoms with van der Waals surface area (Å²) in [6.07, 6.45) is 3.86. The summed E-state index contributed by atoms with van der Waals surface area (Å²) in [6, 6.07) is 22.1. The van der Waals surface area contributed by atoms with Gasteiger partial charge in [-0.3, -0.25) is 14.2 Å². The summed E-state index contributed by atoms with van der Waals surface area (Å²) >= 11 is 1.59. The lowest BCUT2D eigenvalue weighted by Crippen LogP contribution is -2.32. The van der Waals surface area contributed by atoms with E-state index >= 15 is 0 Å². The summed E-state index contributed by atoms with van der Waals surface area (Å²) in [4.78, 5) is 31.6. The summed E-state index contributed by atoms with van der Waals surface area (Å²) < 4.78 is 1.60. The first-order valence-electron chi connectivity index (χ1n) is 11.6. The summed E-state index contributed by atoms with van der Waals surface area (Å²) in [5, 5.41) is 0.749. The molecule has 0 radical (unpaired) electrons. The van der Waals surface area contributed by atoms with Crippen molar-refractivity contribution >= 4 is 17.7 Å². The van der Waals surface area contributed by atoms with E-state index in [4.69, 9.17) is 0 Å². The molecule has 3 rings (SSSR count). The van der Waals surface area contributed by atoms with Crippen molar-refractivity contribution < 1.29 is 4.79 Å². The lowest BCUT2D eigenvalue weighted by molar-refractivity contribution is -0.131. The van der Waals surface area contributed by atoms with Crippen LogP contribution in [0.25, 0.3) is 0 Å². The molecule has 0 aliphatic carbocycles. The van der Waals surface area contributed by atoms with Crippen LogP contribution in [0.15, 0.2) is 76.7 Å². The number of amides is 1. The van der Waals surface area contributed by atoms with Gasteiger partial charge in [-0.05, 0) is 36.8 Å². The molecule has 0 saturated carbocycles. The number of hydrogen-bond donors (Lipinski definition) is 0. The summed E-state index contributed by atoms with van der Waals surface area (Å²) in [6.45, 7) is 3.35. The first kappa shape index (κ1) is 24.8. The van der Waals surface area contributed by atoms with E-state index in [1.807, 2.05) is 48.2 Å². The zero-order valence-electron chi connectivity index (χ0n) is 19.6. The van der Waals surface area contributed by atoms with Gasteiger partial charge in [0, 0.05) is 44.1 Å². The van der Waals surface area contributed by atoms with E-state index in [1.165, 1.54) is 5.56 Å². The predicted octanol–water partition coefficient (Wildman–Crippen LogP) is 4.88. The highest BCUT2D eigenvalue weighted by Crippen LogP contribution is 2.17. The Kier molecular flexibility index (Phi) is 9.76. The van der Waals surface area contributed by atoms with Gasteiger partial charge in [0.25, 0.3) is 5.56 Å². The molecule has 2 aromatic carbocycles. The van der Waals surface area contributed by atoms with E-state index in [1.54, 1.807) is 29.4 Å². The highest BCUT2D eigenvalue weighted by Gasteiger charge is 2.14. The minimum Gasteiger partial charge on any atom is -0.338 e. The van der Waals surface area contributed by atoms with Gasteiger partial charge in [-0.1, -0.05) is 79.3 Å². The van der Waals surface area contributed by atoms with E-state index in [-0.39, 0.29) is 11.5 Å². The molecule has 3 aromatic rings. The topological polar surface area (TPSA) is 55.2 Å². The monoisotopic (exact) mass is 463 g/mol. The largest absolute Gasteiger partial charge is 0.338 e. The van der Waals surface area contributed by atoms with Gasteiger partial charge in [0.2, 0.25) is 5.91 Å². The Labute approximate surface area is 200 Å². The summed E-state index contributed by atoms with van der Waals surface area (Å²) in [5.74, 6) is 1.03. The number of rotatable bonds is 12. The number of nitrogens with zero attached hydrogens (tertiary/aromatic N) is 3. The molecule has 1 heterocycles. The van der Waals surface area contributed by atoms with Gasteiger partial charge >= 0.3 is 0 Å². The van der Waals surface area contributed by atoms with Crippen molar-refractivity contribution in [3.8, 4) is 0 Å². The molecule has 174 valence electrons. The fourth-order valence-electron chi connectivity index (χ4n) is 3.58. The van der Waals surface area contributed by atoms with Gasteiger partial charge in [0.1, 0.15) is 0 Å². The molecule has 0 aliphatic heterocycles. The summed E-state index contributed by atoms with van der Waals surface area (Å²) in [5.41, 5.74) is 3.20. The molecule has 0 N–H and O–H groups in total. The molecule has 1 aromatic heterocycles. The number of carbonyl (C=O) groups is 1. The van der Waals surface area contributed by atoms with Crippen LogP contribution in [0.5, 0.6) is 0 Å². The van der Waals surface area contributed by atoms with E-state index < -0.39 is 0 Å². The third-order valence-electron chi connectivity index (χ3n) is 5.61. The Bertz CT molecular complexity index is 1070. The second-order valence-electron chi connectivity index (χ2n) is 8.12. The van der Waals surface area contributed by atoms with Crippen LogP contribution in [0.2, 0.25) is 0 Å². The third kappa shape index (κ3) is 7.90. The Morgan fingerprint density at radius 1 is 1.00 bits per heavy atom. The molecule has 6 heteroatoms. The molecular formula is C27H33N3O2S. The normalized spacial score (nSPS) is 10.8. The highest BCUT2D eigenvalue weighted by molar-refractivity contribution is 7.99. The smallest absolute Gasteiger partial charge is 0.254 e. The van der Waals surface area contributed by atoms with Crippen molar-refractivity contribution in [1.29, 1.82) is 0 Å². The maximum absolute atomic E-state index is 13.0. The Balaban J connectivity index is 1.51. The van der Waals surface area contributed by atoms with Crippen molar-refractivity contribution in [3.05, 3.63) is 93.9 Å². The number of carbonyl (C=O) groups excluding carboxylic acids is 1. The van der Waals surface area contributed by atoms with E-state index in [2.05, 4.69) is 29.2 Å². The van der Waals surface area contributed by atoms with Crippen molar-refractivity contribution in [2.45, 2.75) is 50.7 Å². The predicted molar refractivity (Wildman–Crippen MR) is 135 cm³/mol. The molecule has 0 aliphatic rings. The molecule has 0 bridgehead atoms. The molecule has 0 unspecified atom stereocenters. The van der Waals surface area contributed by atoms with Crippen LogP contribution >= 0.6 is 11.8 Å². The van der Waals surface area contributed by atoms with Crippen LogP contribution in [0, 0.1) is 0 Å². The summed E-state index contributed by atoms with van der Waals surface area (Å²) in [7, 11) is 1.76. The average Bonchev–Trinajstić information content (AvgIpc) is 2.85. The average molecular weight is 464 g/mol. The number of thioether (sulfide) groups is 1. The van der Waals surface area contributed by atoms with Gasteiger partial charge in [-0.2, -0.15) is 0 Å². The van der Waals surface area contributed by atoms with Crippen molar-refractivity contribution in [1.82, 2.24) is 14.5 Å². The molecule has 0 saturated heterocycles. The van der Waals surface area contributed by atoms with Crippen LogP contribution in [0.3, 0.4) is 0 Å². The van der Waals surface area contributed by atoms with Gasteiger partial charge in [-0.15, -0.1) is 0 Å². The minimum absolute atomic E-state index is 0.0190. The maximum atomic E-state index is 13.0. The van der Waals surface area contributed by atoms with Crippen molar-refractivity contribution in [3.63, 3.8) is 0 Å². The lowest BCUT2D eigenvalue weighted by atomic mass is 10.1. The van der Waals surface area contributed by atoms with E-state index in [0.717, 1.165) is 47.8 Å². The molecule has 1 amide bonds. The zero-order valence-corrected chi connectivity index (χ0v) is 20.4. The zero-order chi connectivity index (χ0) is 23.5. The Hall–Kier alpha value is -2.86. The third-order valence-corrected chi connectivity index (χ3v) is 6.72. The SMILES string of the molecule is CCc1cc(=O)n(C)c(SCCCCC(=O)N(CCc2ccccc2)Cc2ccccc2)n1. The van der Waals surface area contributed by atoms with Crippen LogP contribution in [0.4, 0.5) is 0 Å². The van der Waals surface area contributed by atoms with Crippen LogP contribution < -0.4 is 5.56 Å². The number of benzene rings is 2. The lowest BCUT2D eigenvalue weighted by Gasteiger charge is -2.23. The Morgan fingerprint density at radius 2 is 1.67 bits per heavy atom. The highest BCUT2D eigenvalue weighted by atomic mass is 32.2. The minimum atomic E-state index is -0.0190. The molecule has 0 atom stereocenters. The molecule has 5 nitrogen and oxygen atoms in total. The van der Waals surface area contributed by atoms with Crippen LogP contribution in [-0.4, -0.2) is 32.7 Å². The maximum Gasteiger partial charge on any atom is 0.254 e. The number of aryl methyl sites for hydroxylation is 1.